The van der Waals surface area contributed by atoms with Crippen LogP contribution in [0.1, 0.15) is 25.7 Å². The lowest BCUT2D eigenvalue weighted by atomic mass is 10.3. The highest BCUT2D eigenvalue weighted by atomic mass is 32.2. The Bertz CT molecular complexity index is 726. The van der Waals surface area contributed by atoms with Crippen molar-refractivity contribution in [2.24, 2.45) is 5.73 Å². The van der Waals surface area contributed by atoms with Gasteiger partial charge in [-0.15, -0.1) is 0 Å². The van der Waals surface area contributed by atoms with Crippen LogP contribution in [0, 0.1) is 0 Å². The SMILES string of the molecule is NCCCCNS(=O)(=O)c1ccccc1S(=O)(=O)N1CCCC1. The molecule has 3 N–H and O–H groups in total. The predicted molar refractivity (Wildman–Crippen MR) is 87.9 cm³/mol. The van der Waals surface area contributed by atoms with E-state index in [2.05, 4.69) is 4.72 Å². The van der Waals surface area contributed by atoms with Crippen LogP contribution in [0.25, 0.3) is 0 Å². The molecule has 0 unspecified atom stereocenters. The van der Waals surface area contributed by atoms with Crippen molar-refractivity contribution in [3.8, 4) is 0 Å². The molecule has 1 aliphatic rings. The molecule has 1 heterocycles. The van der Waals surface area contributed by atoms with Crippen LogP contribution in [0.2, 0.25) is 0 Å². The molecule has 0 spiro atoms. The first-order valence-corrected chi connectivity index (χ1v) is 10.6. The zero-order chi connectivity index (χ0) is 16.9. The Morgan fingerprint density at radius 1 is 1.00 bits per heavy atom. The van der Waals surface area contributed by atoms with Crippen LogP contribution in [0.4, 0.5) is 0 Å². The van der Waals surface area contributed by atoms with Gasteiger partial charge < -0.3 is 5.73 Å². The molecule has 2 rings (SSSR count). The Kier molecular flexibility index (Phi) is 6.15. The molecular weight excluding hydrogens is 338 g/mol. The van der Waals surface area contributed by atoms with E-state index in [0.717, 1.165) is 12.8 Å². The maximum Gasteiger partial charge on any atom is 0.244 e. The van der Waals surface area contributed by atoms with Gasteiger partial charge in [0.05, 0.1) is 0 Å². The Balaban J connectivity index is 2.30. The van der Waals surface area contributed by atoms with Gasteiger partial charge in [0.15, 0.2) is 0 Å². The summed E-state index contributed by atoms with van der Waals surface area (Å²) in [7, 11) is -7.67. The lowest BCUT2D eigenvalue weighted by Gasteiger charge is -2.18. The smallest absolute Gasteiger partial charge is 0.244 e. The average Bonchev–Trinajstić information content (AvgIpc) is 3.07. The number of hydrogen-bond acceptors (Lipinski definition) is 5. The van der Waals surface area contributed by atoms with Crippen molar-refractivity contribution in [2.45, 2.75) is 35.5 Å². The van der Waals surface area contributed by atoms with E-state index < -0.39 is 20.0 Å². The molecule has 7 nitrogen and oxygen atoms in total. The van der Waals surface area contributed by atoms with Crippen molar-refractivity contribution < 1.29 is 16.8 Å². The first-order valence-electron chi connectivity index (χ1n) is 7.68. The summed E-state index contributed by atoms with van der Waals surface area (Å²) in [6.45, 7) is 1.58. The van der Waals surface area contributed by atoms with E-state index in [9.17, 15) is 16.8 Å². The molecule has 1 fully saturated rings. The highest BCUT2D eigenvalue weighted by Gasteiger charge is 2.32. The van der Waals surface area contributed by atoms with Gasteiger partial charge in [-0.05, 0) is 44.4 Å². The summed E-state index contributed by atoms with van der Waals surface area (Å²) < 4.78 is 54.1. The van der Waals surface area contributed by atoms with Crippen molar-refractivity contribution in [3.63, 3.8) is 0 Å². The van der Waals surface area contributed by atoms with Gasteiger partial charge in [-0.2, -0.15) is 4.31 Å². The fourth-order valence-electron chi connectivity index (χ4n) is 2.51. The lowest BCUT2D eigenvalue weighted by molar-refractivity contribution is 0.474. The molecule has 23 heavy (non-hydrogen) atoms. The number of nitrogens with two attached hydrogens (primary N) is 1. The fourth-order valence-corrected chi connectivity index (χ4v) is 5.90. The van der Waals surface area contributed by atoms with E-state index in [4.69, 9.17) is 5.73 Å². The molecule has 1 aromatic carbocycles. The Morgan fingerprint density at radius 2 is 1.61 bits per heavy atom. The Labute approximate surface area is 138 Å². The summed E-state index contributed by atoms with van der Waals surface area (Å²) in [6.07, 6.45) is 2.91. The van der Waals surface area contributed by atoms with Gasteiger partial charge >= 0.3 is 0 Å². The first kappa shape index (κ1) is 18.3. The van der Waals surface area contributed by atoms with Crippen molar-refractivity contribution in [3.05, 3.63) is 24.3 Å². The standard InChI is InChI=1S/C14H23N3O4S2/c15-9-3-4-10-16-22(18,19)13-7-1-2-8-14(13)23(20,21)17-11-5-6-12-17/h1-2,7-8,16H,3-6,9-12,15H2. The predicted octanol–water partition coefficient (Wildman–Crippen LogP) is 0.488. The van der Waals surface area contributed by atoms with Gasteiger partial charge in [-0.1, -0.05) is 12.1 Å². The van der Waals surface area contributed by atoms with Crippen LogP contribution in [-0.2, 0) is 20.0 Å². The molecule has 0 atom stereocenters. The molecule has 0 amide bonds. The second-order valence-electron chi connectivity index (χ2n) is 5.45. The van der Waals surface area contributed by atoms with Gasteiger partial charge in [0, 0.05) is 19.6 Å². The van der Waals surface area contributed by atoms with E-state index in [1.807, 2.05) is 0 Å². The molecule has 0 radical (unpaired) electrons. The summed E-state index contributed by atoms with van der Waals surface area (Å²) >= 11 is 0. The summed E-state index contributed by atoms with van der Waals surface area (Å²) in [5.41, 5.74) is 5.38. The normalized spacial score (nSPS) is 16.7. The number of unbranched alkanes of at least 4 members (excludes halogenated alkanes) is 1. The van der Waals surface area contributed by atoms with Crippen LogP contribution in [0.15, 0.2) is 34.1 Å². The van der Waals surface area contributed by atoms with Crippen LogP contribution in [-0.4, -0.2) is 47.3 Å². The molecule has 1 aromatic rings. The minimum atomic E-state index is -3.88. The van der Waals surface area contributed by atoms with Gasteiger partial charge in [-0.25, -0.2) is 21.6 Å². The van der Waals surface area contributed by atoms with Crippen LogP contribution in [0.3, 0.4) is 0 Å². The Hall–Kier alpha value is -1.00. The number of benzene rings is 1. The number of nitrogens with one attached hydrogen (secondary N) is 1. The third kappa shape index (κ3) is 4.30. The van der Waals surface area contributed by atoms with Crippen molar-refractivity contribution in [1.82, 2.24) is 9.03 Å². The number of nitrogens with zero attached hydrogens (tertiary/aromatic N) is 1. The highest BCUT2D eigenvalue weighted by Crippen LogP contribution is 2.26. The van der Waals surface area contributed by atoms with Crippen LogP contribution < -0.4 is 10.5 Å². The third-order valence-electron chi connectivity index (χ3n) is 3.74. The van der Waals surface area contributed by atoms with E-state index in [1.165, 1.54) is 28.6 Å². The quantitative estimate of drug-likeness (QED) is 0.655. The third-order valence-corrected chi connectivity index (χ3v) is 7.35. The minimum Gasteiger partial charge on any atom is -0.330 e. The number of hydrogen-bond donors (Lipinski definition) is 2. The average molecular weight is 361 g/mol. The van der Waals surface area contributed by atoms with Crippen molar-refractivity contribution in [1.29, 1.82) is 0 Å². The fraction of sp³-hybridized carbons (Fsp3) is 0.571. The topological polar surface area (TPSA) is 110 Å². The minimum absolute atomic E-state index is 0.159. The van der Waals surface area contributed by atoms with Crippen molar-refractivity contribution in [2.75, 3.05) is 26.2 Å². The summed E-state index contributed by atoms with van der Waals surface area (Å²) in [5, 5.41) is 0. The first-order chi connectivity index (χ1) is 10.9. The van der Waals surface area contributed by atoms with Gasteiger partial charge in [-0.3, -0.25) is 0 Å². The largest absolute Gasteiger partial charge is 0.330 e. The molecule has 0 aromatic heterocycles. The van der Waals surface area contributed by atoms with Crippen molar-refractivity contribution >= 4 is 20.0 Å². The van der Waals surface area contributed by atoms with E-state index >= 15 is 0 Å². The van der Waals surface area contributed by atoms with E-state index in [0.29, 0.717) is 32.5 Å². The van der Waals surface area contributed by atoms with Crippen LogP contribution in [0.5, 0.6) is 0 Å². The molecule has 9 heteroatoms. The zero-order valence-corrected chi connectivity index (χ0v) is 14.6. The molecule has 0 saturated carbocycles. The zero-order valence-electron chi connectivity index (χ0n) is 12.9. The van der Waals surface area contributed by atoms with Gasteiger partial charge in [0.25, 0.3) is 0 Å². The summed E-state index contributed by atoms with van der Waals surface area (Å²) in [6, 6.07) is 5.74. The highest BCUT2D eigenvalue weighted by molar-refractivity contribution is 7.92. The molecule has 0 aliphatic carbocycles. The van der Waals surface area contributed by atoms with Gasteiger partial charge in [0.2, 0.25) is 20.0 Å². The maximum atomic E-state index is 12.7. The molecular formula is C14H23N3O4S2. The second-order valence-corrected chi connectivity index (χ2v) is 9.09. The summed E-state index contributed by atoms with van der Waals surface area (Å²) in [5.74, 6) is 0. The van der Waals surface area contributed by atoms with E-state index in [-0.39, 0.29) is 16.3 Å². The van der Waals surface area contributed by atoms with Gasteiger partial charge in [0.1, 0.15) is 9.79 Å². The Morgan fingerprint density at radius 3 is 2.22 bits per heavy atom. The van der Waals surface area contributed by atoms with Crippen LogP contribution >= 0.6 is 0 Å². The van der Waals surface area contributed by atoms with E-state index in [1.54, 1.807) is 0 Å². The molecule has 130 valence electrons. The molecule has 0 bridgehead atoms. The monoisotopic (exact) mass is 361 g/mol. The lowest BCUT2D eigenvalue weighted by Crippen LogP contribution is -2.31. The maximum absolute atomic E-state index is 12.7. The molecule has 1 saturated heterocycles. The molecule has 1 aliphatic heterocycles. The number of sulfonamides is 2. The second kappa shape index (κ2) is 7.71. The summed E-state index contributed by atoms with van der Waals surface area (Å²) in [4.78, 5) is -0.354. The number of rotatable bonds is 8.